The molecule has 0 bridgehead atoms. The van der Waals surface area contributed by atoms with E-state index in [0.29, 0.717) is 6.20 Å². The van der Waals surface area contributed by atoms with Crippen molar-refractivity contribution in [3.8, 4) is 0 Å². The lowest BCUT2D eigenvalue weighted by atomic mass is 10.2. The molecule has 0 unspecified atom stereocenters. The van der Waals surface area contributed by atoms with Crippen molar-refractivity contribution in [1.29, 1.82) is 0 Å². The zero-order valence-corrected chi connectivity index (χ0v) is 7.04. The van der Waals surface area contributed by atoms with E-state index < -0.39 is 35.0 Å². The van der Waals surface area contributed by atoms with Crippen LogP contribution in [0.25, 0.3) is 0 Å². The van der Waals surface area contributed by atoms with Crippen molar-refractivity contribution in [1.82, 2.24) is 9.97 Å². The molecule has 1 rings (SSSR count). The molecule has 0 saturated carbocycles. The van der Waals surface area contributed by atoms with Crippen molar-refractivity contribution >= 4 is 17.9 Å². The van der Waals surface area contributed by atoms with E-state index in [1.165, 1.54) is 0 Å². The van der Waals surface area contributed by atoms with Crippen LogP contribution in [0.5, 0.6) is 0 Å². The van der Waals surface area contributed by atoms with Gasteiger partial charge in [-0.25, -0.2) is 24.4 Å². The summed E-state index contributed by atoms with van der Waals surface area (Å²) in [6, 6.07) is 0. The number of aromatic nitrogens is 2. The molecule has 0 amide bonds. The molecule has 3 N–H and O–H groups in total. The van der Waals surface area contributed by atoms with Gasteiger partial charge in [-0.1, -0.05) is 0 Å². The van der Waals surface area contributed by atoms with Gasteiger partial charge in [0.05, 0.1) is 0 Å². The molecule has 0 aliphatic rings. The van der Waals surface area contributed by atoms with Gasteiger partial charge in [0.2, 0.25) is 5.82 Å². The average Bonchev–Trinajstić information content (AvgIpc) is 2.16. The standard InChI is InChI=1S/C7H4N2O6/c10-5(11)2-1-8-4(7(14)15)9-3(2)6(12)13/h1H,(H,10,11)(H,12,13)(H,14,15). The fraction of sp³-hybridized carbons (Fsp3) is 0. The van der Waals surface area contributed by atoms with Crippen LogP contribution in [0.1, 0.15) is 31.5 Å². The van der Waals surface area contributed by atoms with Crippen molar-refractivity contribution in [3.63, 3.8) is 0 Å². The topological polar surface area (TPSA) is 138 Å². The quantitative estimate of drug-likeness (QED) is 0.613. The average molecular weight is 212 g/mol. The number of carboxylic acid groups (broad SMARTS) is 3. The molecule has 0 spiro atoms. The Kier molecular flexibility index (Phi) is 2.61. The smallest absolute Gasteiger partial charge is 0.373 e. The summed E-state index contributed by atoms with van der Waals surface area (Å²) in [5, 5.41) is 25.6. The van der Waals surface area contributed by atoms with Gasteiger partial charge in [0.25, 0.3) is 0 Å². The van der Waals surface area contributed by atoms with Gasteiger partial charge in [-0.05, 0) is 0 Å². The molecule has 0 aromatic carbocycles. The highest BCUT2D eigenvalue weighted by atomic mass is 16.4. The Morgan fingerprint density at radius 2 is 1.60 bits per heavy atom. The first kappa shape index (κ1) is 10.6. The summed E-state index contributed by atoms with van der Waals surface area (Å²) in [5.41, 5.74) is -1.51. The van der Waals surface area contributed by atoms with Crippen LogP contribution in [0.15, 0.2) is 6.20 Å². The van der Waals surface area contributed by atoms with E-state index in [0.717, 1.165) is 0 Å². The van der Waals surface area contributed by atoms with Gasteiger partial charge in [-0.15, -0.1) is 0 Å². The number of nitrogens with zero attached hydrogens (tertiary/aromatic N) is 2. The Labute approximate surface area is 81.8 Å². The lowest BCUT2D eigenvalue weighted by molar-refractivity contribution is 0.0638. The lowest BCUT2D eigenvalue weighted by Crippen LogP contribution is -2.15. The second-order valence-corrected chi connectivity index (χ2v) is 2.37. The summed E-state index contributed by atoms with van der Waals surface area (Å²) >= 11 is 0. The summed E-state index contributed by atoms with van der Waals surface area (Å²) in [6.07, 6.45) is 0.641. The first-order chi connectivity index (χ1) is 6.93. The Bertz CT molecular complexity index is 455. The van der Waals surface area contributed by atoms with Gasteiger partial charge < -0.3 is 15.3 Å². The molecule has 78 valence electrons. The predicted octanol–water partition coefficient (Wildman–Crippen LogP) is -0.429. The van der Waals surface area contributed by atoms with Gasteiger partial charge in [0.15, 0.2) is 5.69 Å². The van der Waals surface area contributed by atoms with Crippen molar-refractivity contribution in [2.75, 3.05) is 0 Å². The lowest BCUT2D eigenvalue weighted by Gasteiger charge is -2.00. The molecule has 0 radical (unpaired) electrons. The second kappa shape index (κ2) is 3.70. The molecule has 0 aliphatic heterocycles. The van der Waals surface area contributed by atoms with Gasteiger partial charge in [-0.2, -0.15) is 0 Å². The number of hydrogen-bond donors (Lipinski definition) is 3. The highest BCUT2D eigenvalue weighted by molar-refractivity contribution is 6.00. The first-order valence-corrected chi connectivity index (χ1v) is 3.50. The molecule has 15 heavy (non-hydrogen) atoms. The maximum absolute atomic E-state index is 10.6. The van der Waals surface area contributed by atoms with E-state index in [4.69, 9.17) is 15.3 Å². The van der Waals surface area contributed by atoms with Gasteiger partial charge >= 0.3 is 17.9 Å². The van der Waals surface area contributed by atoms with Crippen LogP contribution >= 0.6 is 0 Å². The molecular formula is C7H4N2O6. The van der Waals surface area contributed by atoms with Crippen molar-refractivity contribution < 1.29 is 29.7 Å². The molecule has 8 nitrogen and oxygen atoms in total. The number of carbonyl (C=O) groups is 3. The van der Waals surface area contributed by atoms with E-state index in [1.807, 2.05) is 0 Å². The van der Waals surface area contributed by atoms with Crippen LogP contribution in [0.3, 0.4) is 0 Å². The van der Waals surface area contributed by atoms with Gasteiger partial charge in [0.1, 0.15) is 5.56 Å². The molecule has 8 heteroatoms. The summed E-state index contributed by atoms with van der Waals surface area (Å²) < 4.78 is 0. The van der Waals surface area contributed by atoms with E-state index in [9.17, 15) is 14.4 Å². The molecule has 0 fully saturated rings. The van der Waals surface area contributed by atoms with E-state index in [-0.39, 0.29) is 0 Å². The number of rotatable bonds is 3. The van der Waals surface area contributed by atoms with Crippen molar-refractivity contribution in [2.45, 2.75) is 0 Å². The maximum atomic E-state index is 10.6. The monoisotopic (exact) mass is 212 g/mol. The zero-order chi connectivity index (χ0) is 11.6. The summed E-state index contributed by atoms with van der Waals surface area (Å²) in [5.74, 6) is -5.46. The summed E-state index contributed by atoms with van der Waals surface area (Å²) in [6.45, 7) is 0. The Morgan fingerprint density at radius 1 is 1.00 bits per heavy atom. The third-order valence-corrected chi connectivity index (χ3v) is 1.41. The summed E-state index contributed by atoms with van der Waals surface area (Å²) in [4.78, 5) is 37.8. The highest BCUT2D eigenvalue weighted by Crippen LogP contribution is 2.05. The normalized spacial score (nSPS) is 9.60. The molecule has 1 heterocycles. The van der Waals surface area contributed by atoms with E-state index in [1.54, 1.807) is 0 Å². The minimum atomic E-state index is -1.63. The van der Waals surface area contributed by atoms with E-state index in [2.05, 4.69) is 9.97 Å². The molecule has 0 saturated heterocycles. The van der Waals surface area contributed by atoms with Gasteiger partial charge in [-0.3, -0.25) is 0 Å². The van der Waals surface area contributed by atoms with Crippen molar-refractivity contribution in [3.05, 3.63) is 23.3 Å². The number of carboxylic acids is 3. The third-order valence-electron chi connectivity index (χ3n) is 1.41. The molecule has 1 aromatic rings. The number of hydrogen-bond acceptors (Lipinski definition) is 5. The predicted molar refractivity (Wildman–Crippen MR) is 42.9 cm³/mol. The SMILES string of the molecule is O=C(O)c1ncc(C(=O)O)c(C(=O)O)n1. The Hall–Kier alpha value is -2.51. The van der Waals surface area contributed by atoms with Crippen LogP contribution in [0, 0.1) is 0 Å². The molecule has 0 aliphatic carbocycles. The zero-order valence-electron chi connectivity index (χ0n) is 7.04. The van der Waals surface area contributed by atoms with Crippen LogP contribution in [-0.4, -0.2) is 43.2 Å². The molecular weight excluding hydrogens is 208 g/mol. The molecule has 1 aromatic heterocycles. The van der Waals surface area contributed by atoms with Crippen LogP contribution in [0.4, 0.5) is 0 Å². The maximum Gasteiger partial charge on any atom is 0.373 e. The first-order valence-electron chi connectivity index (χ1n) is 3.50. The second-order valence-electron chi connectivity index (χ2n) is 2.37. The van der Waals surface area contributed by atoms with Crippen LogP contribution in [-0.2, 0) is 0 Å². The Morgan fingerprint density at radius 3 is 2.00 bits per heavy atom. The fourth-order valence-corrected chi connectivity index (χ4v) is 0.804. The third kappa shape index (κ3) is 2.05. The minimum Gasteiger partial charge on any atom is -0.478 e. The van der Waals surface area contributed by atoms with Crippen molar-refractivity contribution in [2.24, 2.45) is 0 Å². The van der Waals surface area contributed by atoms with Gasteiger partial charge in [0, 0.05) is 6.20 Å². The minimum absolute atomic E-state index is 0.641. The number of aromatic carboxylic acids is 3. The summed E-state index contributed by atoms with van der Waals surface area (Å²) in [7, 11) is 0. The highest BCUT2D eigenvalue weighted by Gasteiger charge is 2.21. The van der Waals surface area contributed by atoms with Crippen LogP contribution in [0.2, 0.25) is 0 Å². The fourth-order valence-electron chi connectivity index (χ4n) is 0.804. The largest absolute Gasteiger partial charge is 0.478 e. The van der Waals surface area contributed by atoms with Crippen LogP contribution < -0.4 is 0 Å². The Balaban J connectivity index is 3.40. The molecule has 0 atom stereocenters. The van der Waals surface area contributed by atoms with E-state index >= 15 is 0 Å².